The molecule has 0 unspecified atom stereocenters. The second kappa shape index (κ2) is 2.61. The van der Waals surface area contributed by atoms with E-state index in [1.807, 2.05) is 6.07 Å². The van der Waals surface area contributed by atoms with Crippen LogP contribution in [0.3, 0.4) is 0 Å². The summed E-state index contributed by atoms with van der Waals surface area (Å²) < 4.78 is 0.905. The third-order valence-electron chi connectivity index (χ3n) is 1.44. The van der Waals surface area contributed by atoms with Gasteiger partial charge in [-0.25, -0.2) is 9.97 Å². The van der Waals surface area contributed by atoms with Crippen LogP contribution in [-0.4, -0.2) is 15.0 Å². The van der Waals surface area contributed by atoms with Crippen LogP contribution in [0.15, 0.2) is 16.7 Å². The molecule has 0 spiro atoms. The molecule has 0 fully saturated rings. The fourth-order valence-electron chi connectivity index (χ4n) is 0.943. The molecule has 0 saturated carbocycles. The minimum absolute atomic E-state index is 0.510. The van der Waals surface area contributed by atoms with Crippen LogP contribution >= 0.6 is 15.9 Å². The normalized spacial score (nSPS) is 10.0. The smallest absolute Gasteiger partial charge is 0.185 e. The summed E-state index contributed by atoms with van der Waals surface area (Å²) in [6.45, 7) is 0. The number of H-pyrrole nitrogens is 1. The quantitative estimate of drug-likeness (QED) is 0.689. The van der Waals surface area contributed by atoms with Crippen molar-refractivity contribution in [2.45, 2.75) is 0 Å². The number of nitrogens with one attached hydrogen (secondary N) is 1. The molecule has 0 atom stereocenters. The Morgan fingerprint density at radius 2 is 2.42 bits per heavy atom. The molecule has 0 amide bonds. The Bertz CT molecular complexity index is 467. The van der Waals surface area contributed by atoms with Crippen molar-refractivity contribution in [3.05, 3.63) is 22.6 Å². The summed E-state index contributed by atoms with van der Waals surface area (Å²) in [5, 5.41) is 0. The molecular formula is C8H4BrN3. The van der Waals surface area contributed by atoms with Gasteiger partial charge in [-0.05, 0) is 27.9 Å². The summed E-state index contributed by atoms with van der Waals surface area (Å²) in [5.74, 6) is 2.92. The summed E-state index contributed by atoms with van der Waals surface area (Å²) in [6, 6.07) is 1.89. The monoisotopic (exact) mass is 221 g/mol. The van der Waals surface area contributed by atoms with Gasteiger partial charge in [0.05, 0.1) is 5.52 Å². The molecule has 2 aromatic rings. The minimum Gasteiger partial charge on any atom is -0.330 e. The van der Waals surface area contributed by atoms with Crippen LogP contribution in [0, 0.1) is 12.3 Å². The van der Waals surface area contributed by atoms with Gasteiger partial charge in [0.25, 0.3) is 0 Å². The van der Waals surface area contributed by atoms with Crippen LogP contribution in [0.2, 0.25) is 0 Å². The molecule has 2 heterocycles. The highest BCUT2D eigenvalue weighted by Gasteiger charge is 2.00. The van der Waals surface area contributed by atoms with Gasteiger partial charge in [-0.15, -0.1) is 6.42 Å². The Kier molecular flexibility index (Phi) is 1.59. The molecule has 3 nitrogen and oxygen atoms in total. The van der Waals surface area contributed by atoms with Crippen LogP contribution in [0.1, 0.15) is 5.82 Å². The molecular weight excluding hydrogens is 218 g/mol. The molecule has 0 bridgehead atoms. The fourth-order valence-corrected chi connectivity index (χ4v) is 1.27. The maximum Gasteiger partial charge on any atom is 0.185 e. The van der Waals surface area contributed by atoms with Gasteiger partial charge in [0.2, 0.25) is 0 Å². The number of aromatic amines is 1. The van der Waals surface area contributed by atoms with E-state index >= 15 is 0 Å². The first-order valence-corrected chi connectivity index (χ1v) is 4.07. The molecule has 0 aromatic carbocycles. The third-order valence-corrected chi connectivity index (χ3v) is 1.87. The standard InChI is InChI=1S/C8H4BrN3/c1-2-7-11-6-3-5(9)4-10-8(6)12-7/h1,3-4H,(H,10,11,12). The predicted octanol–water partition coefficient (Wildman–Crippen LogP) is 1.70. The summed E-state index contributed by atoms with van der Waals surface area (Å²) in [7, 11) is 0. The number of pyridine rings is 1. The Morgan fingerprint density at radius 1 is 1.58 bits per heavy atom. The minimum atomic E-state index is 0.510. The van der Waals surface area contributed by atoms with Gasteiger partial charge in [-0.3, -0.25) is 0 Å². The lowest BCUT2D eigenvalue weighted by Crippen LogP contribution is -1.75. The molecule has 12 heavy (non-hydrogen) atoms. The van der Waals surface area contributed by atoms with Crippen molar-refractivity contribution in [3.63, 3.8) is 0 Å². The maximum absolute atomic E-state index is 5.17. The largest absolute Gasteiger partial charge is 0.330 e. The van der Waals surface area contributed by atoms with E-state index in [1.165, 1.54) is 0 Å². The number of nitrogens with zero attached hydrogens (tertiary/aromatic N) is 2. The summed E-state index contributed by atoms with van der Waals surface area (Å²) >= 11 is 3.30. The van der Waals surface area contributed by atoms with E-state index in [4.69, 9.17) is 6.42 Å². The van der Waals surface area contributed by atoms with Gasteiger partial charge in [-0.2, -0.15) is 0 Å². The Morgan fingerprint density at radius 3 is 3.17 bits per heavy atom. The lowest BCUT2D eigenvalue weighted by molar-refractivity contribution is 1.26. The van der Waals surface area contributed by atoms with Crippen LogP contribution in [0.25, 0.3) is 11.2 Å². The van der Waals surface area contributed by atoms with Crippen molar-refractivity contribution >= 4 is 27.1 Å². The number of terminal acetylenes is 1. The van der Waals surface area contributed by atoms with Crippen LogP contribution < -0.4 is 0 Å². The molecule has 0 aliphatic rings. The highest BCUT2D eigenvalue weighted by Crippen LogP contribution is 2.14. The van der Waals surface area contributed by atoms with Crippen molar-refractivity contribution in [1.29, 1.82) is 0 Å². The maximum atomic E-state index is 5.17. The summed E-state index contributed by atoms with van der Waals surface area (Å²) in [6.07, 6.45) is 6.85. The highest BCUT2D eigenvalue weighted by atomic mass is 79.9. The molecule has 2 rings (SSSR count). The average molecular weight is 222 g/mol. The number of aromatic nitrogens is 3. The molecule has 0 aliphatic heterocycles. The molecule has 0 aliphatic carbocycles. The van der Waals surface area contributed by atoms with Crippen molar-refractivity contribution in [2.24, 2.45) is 0 Å². The first kappa shape index (κ1) is 7.32. The Hall–Kier alpha value is -1.34. The van der Waals surface area contributed by atoms with E-state index in [0.717, 1.165) is 9.99 Å². The number of fused-ring (bicyclic) bond motifs is 1. The number of imidazole rings is 1. The van der Waals surface area contributed by atoms with Crippen molar-refractivity contribution in [1.82, 2.24) is 15.0 Å². The third kappa shape index (κ3) is 1.08. The second-order valence-electron chi connectivity index (χ2n) is 2.25. The van der Waals surface area contributed by atoms with E-state index in [-0.39, 0.29) is 0 Å². The summed E-state index contributed by atoms with van der Waals surface area (Å²) in [5.41, 5.74) is 1.49. The van der Waals surface area contributed by atoms with Gasteiger partial charge in [0.1, 0.15) is 0 Å². The van der Waals surface area contributed by atoms with E-state index in [9.17, 15) is 0 Å². The zero-order valence-corrected chi connectivity index (χ0v) is 7.59. The molecule has 4 heteroatoms. The predicted molar refractivity (Wildman–Crippen MR) is 49.5 cm³/mol. The van der Waals surface area contributed by atoms with E-state index < -0.39 is 0 Å². The van der Waals surface area contributed by atoms with Crippen LogP contribution in [-0.2, 0) is 0 Å². The summed E-state index contributed by atoms with van der Waals surface area (Å²) in [4.78, 5) is 11.1. The van der Waals surface area contributed by atoms with E-state index in [2.05, 4.69) is 36.8 Å². The molecule has 0 saturated heterocycles. The molecule has 58 valence electrons. The lowest BCUT2D eigenvalue weighted by atomic mass is 10.4. The number of hydrogen-bond donors (Lipinski definition) is 1. The van der Waals surface area contributed by atoms with Gasteiger partial charge >= 0.3 is 0 Å². The van der Waals surface area contributed by atoms with Gasteiger partial charge in [-0.1, -0.05) is 0 Å². The molecule has 0 radical (unpaired) electrons. The van der Waals surface area contributed by atoms with Crippen molar-refractivity contribution in [3.8, 4) is 12.3 Å². The van der Waals surface area contributed by atoms with Gasteiger partial charge in [0, 0.05) is 10.7 Å². The first-order chi connectivity index (χ1) is 5.79. The van der Waals surface area contributed by atoms with Gasteiger partial charge in [0.15, 0.2) is 11.5 Å². The number of halogens is 1. The zero-order chi connectivity index (χ0) is 8.55. The Labute approximate surface area is 77.4 Å². The molecule has 2 aromatic heterocycles. The first-order valence-electron chi connectivity index (χ1n) is 3.27. The topological polar surface area (TPSA) is 41.6 Å². The van der Waals surface area contributed by atoms with E-state index in [0.29, 0.717) is 11.5 Å². The molecule has 1 N–H and O–H groups in total. The van der Waals surface area contributed by atoms with Crippen LogP contribution in [0.4, 0.5) is 0 Å². The van der Waals surface area contributed by atoms with Gasteiger partial charge < -0.3 is 4.98 Å². The highest BCUT2D eigenvalue weighted by molar-refractivity contribution is 9.10. The van der Waals surface area contributed by atoms with Crippen LogP contribution in [0.5, 0.6) is 0 Å². The van der Waals surface area contributed by atoms with E-state index in [1.54, 1.807) is 6.20 Å². The number of hydrogen-bond acceptors (Lipinski definition) is 2. The lowest BCUT2D eigenvalue weighted by Gasteiger charge is -1.86. The SMILES string of the molecule is C#Cc1nc2ncc(Br)cc2[nH]1. The van der Waals surface area contributed by atoms with Crippen molar-refractivity contribution in [2.75, 3.05) is 0 Å². The Balaban J connectivity index is 2.77. The average Bonchev–Trinajstić information content (AvgIpc) is 2.46. The van der Waals surface area contributed by atoms with Crippen molar-refractivity contribution < 1.29 is 0 Å². The number of rotatable bonds is 0. The zero-order valence-electron chi connectivity index (χ0n) is 6.00. The second-order valence-corrected chi connectivity index (χ2v) is 3.17. The fraction of sp³-hybridized carbons (Fsp3) is 0.